The van der Waals surface area contributed by atoms with Crippen molar-refractivity contribution in [1.29, 1.82) is 0 Å². The number of benzene rings is 1. The quantitative estimate of drug-likeness (QED) is 0.617. The number of fused-ring (bicyclic) bond motifs is 1. The summed E-state index contributed by atoms with van der Waals surface area (Å²) in [4.78, 5) is 0. The molecule has 2 aromatic rings. The molecule has 0 saturated heterocycles. The summed E-state index contributed by atoms with van der Waals surface area (Å²) in [6.07, 6.45) is 0. The zero-order chi connectivity index (χ0) is 10.1. The van der Waals surface area contributed by atoms with Crippen molar-refractivity contribution in [3.63, 3.8) is 0 Å². The smallest absolute Gasteiger partial charge is 0.0721 e. The van der Waals surface area contributed by atoms with Crippen molar-refractivity contribution in [2.75, 3.05) is 0 Å². The molecular formula is C10H8BrIOS. The third-order valence-electron chi connectivity index (χ3n) is 2.12. The van der Waals surface area contributed by atoms with Crippen molar-refractivity contribution in [2.24, 2.45) is 0 Å². The molecule has 0 atom stereocenters. The average Bonchev–Trinajstić information content (AvgIpc) is 2.52. The summed E-state index contributed by atoms with van der Waals surface area (Å²) in [7, 11) is 0. The van der Waals surface area contributed by atoms with E-state index in [9.17, 15) is 5.11 Å². The number of hydrogen-bond donors (Lipinski definition) is 1. The topological polar surface area (TPSA) is 20.2 Å². The van der Waals surface area contributed by atoms with Gasteiger partial charge in [0.25, 0.3) is 0 Å². The second kappa shape index (κ2) is 4.47. The number of hydrogen-bond acceptors (Lipinski definition) is 2. The predicted molar refractivity (Wildman–Crippen MR) is 73.1 cm³/mol. The van der Waals surface area contributed by atoms with E-state index < -0.39 is 0 Å². The highest BCUT2D eigenvalue weighted by Gasteiger charge is 2.09. The molecule has 14 heavy (non-hydrogen) atoms. The summed E-state index contributed by atoms with van der Waals surface area (Å²) in [5, 5.41) is 11.3. The number of halogens is 2. The summed E-state index contributed by atoms with van der Waals surface area (Å²) in [6.45, 7) is 0.129. The summed E-state index contributed by atoms with van der Waals surface area (Å²) in [5.74, 6) is 0. The van der Waals surface area contributed by atoms with E-state index in [1.807, 2.05) is 0 Å². The third kappa shape index (κ3) is 1.85. The minimum absolute atomic E-state index is 0.129. The first-order valence-corrected chi connectivity index (χ1v) is 7.14. The first-order chi connectivity index (χ1) is 6.76. The van der Waals surface area contributed by atoms with Gasteiger partial charge >= 0.3 is 0 Å². The highest BCUT2D eigenvalue weighted by Crippen LogP contribution is 2.33. The Labute approximate surface area is 108 Å². The van der Waals surface area contributed by atoms with Crippen molar-refractivity contribution in [2.45, 2.75) is 11.9 Å². The zero-order valence-electron chi connectivity index (χ0n) is 7.26. The van der Waals surface area contributed by atoms with Crippen LogP contribution in [0.5, 0.6) is 0 Å². The van der Waals surface area contributed by atoms with Crippen molar-refractivity contribution in [3.05, 3.63) is 32.2 Å². The Kier molecular flexibility index (Phi) is 3.46. The normalized spacial score (nSPS) is 11.1. The maximum absolute atomic E-state index is 9.26. The lowest BCUT2D eigenvalue weighted by atomic mass is 10.1. The standard InChI is InChI=1S/C10H8BrIOS/c11-4-6-1-2-9-7(3-6)8(5-13)10(12)14-9/h1-3,13H,4-5H2. The molecule has 0 radical (unpaired) electrons. The van der Waals surface area contributed by atoms with Crippen LogP contribution in [-0.2, 0) is 11.9 Å². The van der Waals surface area contributed by atoms with Crippen LogP contribution in [-0.4, -0.2) is 5.11 Å². The number of alkyl halides is 1. The van der Waals surface area contributed by atoms with Gasteiger partial charge in [-0.1, -0.05) is 22.0 Å². The van der Waals surface area contributed by atoms with E-state index in [-0.39, 0.29) is 6.61 Å². The van der Waals surface area contributed by atoms with Gasteiger partial charge in [-0.15, -0.1) is 11.3 Å². The molecular weight excluding hydrogens is 375 g/mol. The van der Waals surface area contributed by atoms with Gasteiger partial charge in [-0.25, -0.2) is 0 Å². The summed E-state index contributed by atoms with van der Waals surface area (Å²) in [5.41, 5.74) is 2.31. The van der Waals surface area contributed by atoms with E-state index in [4.69, 9.17) is 0 Å². The molecule has 0 aliphatic rings. The van der Waals surface area contributed by atoms with Crippen LogP contribution in [0, 0.1) is 2.88 Å². The van der Waals surface area contributed by atoms with E-state index in [1.54, 1.807) is 11.3 Å². The number of aliphatic hydroxyl groups excluding tert-OH is 1. The fourth-order valence-corrected chi connectivity index (χ4v) is 3.84. The van der Waals surface area contributed by atoms with Gasteiger partial charge < -0.3 is 5.11 Å². The summed E-state index contributed by atoms with van der Waals surface area (Å²) < 4.78 is 2.44. The van der Waals surface area contributed by atoms with Crippen LogP contribution in [0.4, 0.5) is 0 Å². The lowest BCUT2D eigenvalue weighted by Crippen LogP contribution is -1.83. The van der Waals surface area contributed by atoms with Gasteiger partial charge in [-0.2, -0.15) is 0 Å². The van der Waals surface area contributed by atoms with Gasteiger partial charge in [0.2, 0.25) is 0 Å². The monoisotopic (exact) mass is 382 g/mol. The van der Waals surface area contributed by atoms with E-state index in [0.717, 1.165) is 10.9 Å². The van der Waals surface area contributed by atoms with E-state index in [0.29, 0.717) is 0 Å². The Morgan fingerprint density at radius 3 is 2.86 bits per heavy atom. The molecule has 74 valence electrons. The molecule has 4 heteroatoms. The van der Waals surface area contributed by atoms with Gasteiger partial charge in [-0.05, 0) is 45.7 Å². The molecule has 0 amide bonds. The Bertz CT molecular complexity index is 466. The minimum atomic E-state index is 0.129. The van der Waals surface area contributed by atoms with Crippen LogP contribution in [0.25, 0.3) is 10.1 Å². The van der Waals surface area contributed by atoms with Crippen LogP contribution in [0.3, 0.4) is 0 Å². The fourth-order valence-electron chi connectivity index (χ4n) is 1.40. The fraction of sp³-hybridized carbons (Fsp3) is 0.200. The number of rotatable bonds is 2. The van der Waals surface area contributed by atoms with E-state index in [2.05, 4.69) is 56.7 Å². The molecule has 0 aliphatic carbocycles. The lowest BCUT2D eigenvalue weighted by molar-refractivity contribution is 0.283. The van der Waals surface area contributed by atoms with Crippen molar-refractivity contribution >= 4 is 59.9 Å². The molecule has 1 aromatic heterocycles. The van der Waals surface area contributed by atoms with Gasteiger partial charge in [0.15, 0.2) is 0 Å². The molecule has 0 spiro atoms. The predicted octanol–water partition coefficient (Wildman–Crippen LogP) is 3.89. The largest absolute Gasteiger partial charge is 0.392 e. The average molecular weight is 383 g/mol. The second-order valence-corrected chi connectivity index (χ2v) is 6.40. The number of aliphatic hydroxyl groups is 1. The molecule has 1 aromatic carbocycles. The molecule has 0 unspecified atom stereocenters. The Morgan fingerprint density at radius 1 is 1.43 bits per heavy atom. The van der Waals surface area contributed by atoms with Crippen LogP contribution in [0.2, 0.25) is 0 Å². The summed E-state index contributed by atoms with van der Waals surface area (Å²) >= 11 is 7.45. The van der Waals surface area contributed by atoms with E-state index >= 15 is 0 Å². The first kappa shape index (κ1) is 10.9. The van der Waals surface area contributed by atoms with Crippen molar-refractivity contribution in [1.82, 2.24) is 0 Å². The van der Waals surface area contributed by atoms with Crippen LogP contribution in [0.1, 0.15) is 11.1 Å². The molecule has 0 fully saturated rings. The van der Waals surface area contributed by atoms with E-state index in [1.165, 1.54) is 18.5 Å². The minimum Gasteiger partial charge on any atom is -0.392 e. The molecule has 1 N–H and O–H groups in total. The maximum atomic E-state index is 9.26. The Hall–Kier alpha value is 0.350. The highest BCUT2D eigenvalue weighted by molar-refractivity contribution is 14.1. The molecule has 0 aliphatic heterocycles. The van der Waals surface area contributed by atoms with Crippen molar-refractivity contribution < 1.29 is 5.11 Å². The lowest BCUT2D eigenvalue weighted by Gasteiger charge is -1.97. The van der Waals surface area contributed by atoms with Crippen LogP contribution in [0.15, 0.2) is 18.2 Å². The molecule has 1 heterocycles. The van der Waals surface area contributed by atoms with Gasteiger partial charge in [0.05, 0.1) is 9.49 Å². The summed E-state index contributed by atoms with van der Waals surface area (Å²) in [6, 6.07) is 6.39. The highest BCUT2D eigenvalue weighted by atomic mass is 127. The molecule has 1 nitrogen and oxygen atoms in total. The Morgan fingerprint density at radius 2 is 2.21 bits per heavy atom. The zero-order valence-corrected chi connectivity index (χ0v) is 11.8. The van der Waals surface area contributed by atoms with Crippen LogP contribution < -0.4 is 0 Å². The SMILES string of the molecule is OCc1c(I)sc2ccc(CBr)cc12. The van der Waals surface area contributed by atoms with Crippen LogP contribution >= 0.6 is 49.9 Å². The van der Waals surface area contributed by atoms with Crippen molar-refractivity contribution in [3.8, 4) is 0 Å². The van der Waals surface area contributed by atoms with Gasteiger partial charge in [0, 0.05) is 15.6 Å². The first-order valence-electron chi connectivity index (χ1n) is 4.13. The number of thiophene rings is 1. The Balaban J connectivity index is 2.71. The molecule has 2 rings (SSSR count). The second-order valence-electron chi connectivity index (χ2n) is 2.98. The molecule has 0 saturated carbocycles. The third-order valence-corrected chi connectivity index (χ3v) is 5.08. The van der Waals surface area contributed by atoms with Gasteiger partial charge in [0.1, 0.15) is 0 Å². The van der Waals surface area contributed by atoms with Gasteiger partial charge in [-0.3, -0.25) is 0 Å². The molecule has 0 bridgehead atoms. The maximum Gasteiger partial charge on any atom is 0.0721 e.